The van der Waals surface area contributed by atoms with Gasteiger partial charge in [0.25, 0.3) is 0 Å². The topological polar surface area (TPSA) is 95.1 Å². The number of benzene rings is 4. The minimum atomic E-state index is -4.38. The smallest absolute Gasteiger partial charge is 0.307 e. The fourth-order valence-electron chi connectivity index (χ4n) is 5.94. The highest BCUT2D eigenvalue weighted by atomic mass is 31.2. The predicted molar refractivity (Wildman–Crippen MR) is 185 cm³/mol. The largest absolute Gasteiger partial charge is 0.358 e. The molecule has 0 aliphatic carbocycles. The van der Waals surface area contributed by atoms with E-state index in [1.54, 1.807) is 27.7 Å². The Bertz CT molecular complexity index is 1420. The van der Waals surface area contributed by atoms with E-state index in [1.165, 1.54) is 0 Å². The summed E-state index contributed by atoms with van der Waals surface area (Å²) >= 11 is 0. The summed E-state index contributed by atoms with van der Waals surface area (Å²) in [4.78, 5) is 0. The van der Waals surface area contributed by atoms with Crippen LogP contribution in [0, 0.1) is 0 Å². The van der Waals surface area contributed by atoms with Crippen LogP contribution in [0.2, 0.25) is 0 Å². The molecular formula is C36H46N2O6P2. The van der Waals surface area contributed by atoms with Crippen LogP contribution in [0.5, 0.6) is 0 Å². The molecule has 0 spiro atoms. The zero-order valence-corrected chi connectivity index (χ0v) is 28.9. The third-order valence-electron chi connectivity index (χ3n) is 7.71. The molecule has 0 bridgehead atoms. The lowest BCUT2D eigenvalue weighted by atomic mass is 9.90. The molecule has 246 valence electrons. The van der Waals surface area contributed by atoms with Crippen molar-refractivity contribution < 1.29 is 27.2 Å². The molecule has 2 N–H and O–H groups in total. The van der Waals surface area contributed by atoms with E-state index in [4.69, 9.17) is 18.1 Å². The molecule has 0 saturated carbocycles. The molecule has 0 heterocycles. The highest BCUT2D eigenvalue weighted by molar-refractivity contribution is 7.60. The Kier molecular flexibility index (Phi) is 13.1. The van der Waals surface area contributed by atoms with E-state index in [2.05, 4.69) is 10.6 Å². The third-order valence-corrected chi connectivity index (χ3v) is 13.4. The number of rotatable bonds is 19. The second-order valence-corrected chi connectivity index (χ2v) is 14.9. The molecule has 8 nitrogen and oxygen atoms in total. The van der Waals surface area contributed by atoms with Crippen molar-refractivity contribution >= 4 is 15.2 Å². The zero-order chi connectivity index (χ0) is 32.9. The molecule has 4 aromatic carbocycles. The Balaban J connectivity index is 2.24. The average Bonchev–Trinajstić information content (AvgIpc) is 3.08. The minimum absolute atomic E-state index is 0.0655. The van der Waals surface area contributed by atoms with Gasteiger partial charge in [0.2, 0.25) is 0 Å². The molecule has 0 aliphatic heterocycles. The third kappa shape index (κ3) is 7.16. The first kappa shape index (κ1) is 35.9. The maximum Gasteiger partial charge on any atom is 0.358 e. The first-order valence-corrected chi connectivity index (χ1v) is 18.9. The van der Waals surface area contributed by atoms with E-state index in [1.807, 2.05) is 121 Å². The summed E-state index contributed by atoms with van der Waals surface area (Å²) in [6.45, 7) is 7.78. The quantitative estimate of drug-likeness (QED) is 0.0961. The van der Waals surface area contributed by atoms with Gasteiger partial charge in [-0.2, -0.15) is 0 Å². The van der Waals surface area contributed by atoms with Gasteiger partial charge in [0.05, 0.1) is 26.4 Å². The van der Waals surface area contributed by atoms with Gasteiger partial charge in [-0.1, -0.05) is 121 Å². The summed E-state index contributed by atoms with van der Waals surface area (Å²) in [7, 11) is -8.75. The number of nitrogens with one attached hydrogen (secondary N) is 2. The summed E-state index contributed by atoms with van der Waals surface area (Å²) in [5, 5.41) is 3.58. The molecule has 0 aromatic heterocycles. The normalized spacial score (nSPS) is 14.8. The maximum absolute atomic E-state index is 16.0. The van der Waals surface area contributed by atoms with Gasteiger partial charge in [-0.3, -0.25) is 19.8 Å². The molecule has 10 heteroatoms. The van der Waals surface area contributed by atoms with Crippen LogP contribution in [0.15, 0.2) is 121 Å². The van der Waals surface area contributed by atoms with Gasteiger partial charge >= 0.3 is 15.2 Å². The van der Waals surface area contributed by atoms with E-state index in [0.717, 1.165) is 11.1 Å². The molecule has 46 heavy (non-hydrogen) atoms. The lowest BCUT2D eigenvalue weighted by Crippen LogP contribution is -2.64. The SMILES string of the molecule is CCOP(=O)(OCC)C(NCc1ccccc1)(c1ccccc1)C(NCc1ccccc1)(c1ccccc1)P(=O)(OCC)OCC. The van der Waals surface area contributed by atoms with Gasteiger partial charge < -0.3 is 18.1 Å². The lowest BCUT2D eigenvalue weighted by Gasteiger charge is -2.54. The van der Waals surface area contributed by atoms with Crippen molar-refractivity contribution in [1.82, 2.24) is 10.6 Å². The van der Waals surface area contributed by atoms with Crippen molar-refractivity contribution in [1.29, 1.82) is 0 Å². The standard InChI is InChI=1S/C36H46N2O6P2/c1-5-41-45(39,42-6-2)35(33-25-17-11-18-26-33,37-29-31-21-13-9-14-22-31)36(34-27-19-12-20-28-34,46(40,43-7-3)44-8-4)38-30-32-23-15-10-16-24-32/h9-28,37-38H,5-8,29-30H2,1-4H3. The molecule has 0 saturated heterocycles. The molecule has 0 amide bonds. The van der Waals surface area contributed by atoms with Gasteiger partial charge in [0.15, 0.2) is 10.6 Å². The molecule has 2 unspecified atom stereocenters. The van der Waals surface area contributed by atoms with Gasteiger partial charge in [0.1, 0.15) is 0 Å². The Morgan fingerprint density at radius 1 is 0.457 bits per heavy atom. The van der Waals surface area contributed by atoms with E-state index < -0.39 is 25.8 Å². The second-order valence-electron chi connectivity index (χ2n) is 10.5. The van der Waals surface area contributed by atoms with Crippen LogP contribution < -0.4 is 10.6 Å². The molecule has 0 aliphatic rings. The van der Waals surface area contributed by atoms with Crippen LogP contribution in [0.1, 0.15) is 49.9 Å². The Morgan fingerprint density at radius 3 is 0.978 bits per heavy atom. The monoisotopic (exact) mass is 664 g/mol. The van der Waals surface area contributed by atoms with Crippen molar-refractivity contribution in [3.63, 3.8) is 0 Å². The van der Waals surface area contributed by atoms with E-state index in [-0.39, 0.29) is 39.5 Å². The summed E-state index contributed by atoms with van der Waals surface area (Å²) < 4.78 is 57.2. The van der Waals surface area contributed by atoms with Gasteiger partial charge in [0, 0.05) is 13.1 Å². The fourth-order valence-corrected chi connectivity index (χ4v) is 11.6. The molecular weight excluding hydrogens is 618 g/mol. The molecule has 4 rings (SSSR count). The Morgan fingerprint density at radius 2 is 0.717 bits per heavy atom. The summed E-state index contributed by atoms with van der Waals surface area (Å²) in [6.07, 6.45) is 0. The molecule has 2 atom stereocenters. The van der Waals surface area contributed by atoms with E-state index >= 15 is 9.13 Å². The lowest BCUT2D eigenvalue weighted by molar-refractivity contribution is 0.117. The van der Waals surface area contributed by atoms with Crippen molar-refractivity contribution in [3.05, 3.63) is 144 Å². The molecule has 0 fully saturated rings. The average molecular weight is 665 g/mol. The van der Waals surface area contributed by atoms with Gasteiger partial charge in [-0.25, -0.2) is 0 Å². The number of hydrogen-bond acceptors (Lipinski definition) is 8. The van der Waals surface area contributed by atoms with Crippen LogP contribution in [0.4, 0.5) is 0 Å². The molecule has 4 aromatic rings. The van der Waals surface area contributed by atoms with Gasteiger partial charge in [-0.05, 0) is 49.9 Å². The second kappa shape index (κ2) is 16.8. The predicted octanol–water partition coefficient (Wildman–Crippen LogP) is 8.80. The summed E-state index contributed by atoms with van der Waals surface area (Å²) in [5.74, 6) is 0. The molecule has 0 radical (unpaired) electrons. The van der Waals surface area contributed by atoms with Crippen LogP contribution in [0.3, 0.4) is 0 Å². The Labute approximate surface area is 273 Å². The van der Waals surface area contributed by atoms with Crippen molar-refractivity contribution in [3.8, 4) is 0 Å². The summed E-state index contributed by atoms with van der Waals surface area (Å²) in [6, 6.07) is 38.1. The van der Waals surface area contributed by atoms with Crippen LogP contribution in [0.25, 0.3) is 0 Å². The van der Waals surface area contributed by atoms with Crippen LogP contribution in [-0.2, 0) is 50.9 Å². The van der Waals surface area contributed by atoms with Crippen molar-refractivity contribution in [2.45, 2.75) is 51.3 Å². The minimum Gasteiger partial charge on any atom is -0.307 e. The fraction of sp³-hybridized carbons (Fsp3) is 0.333. The first-order valence-electron chi connectivity index (χ1n) is 15.8. The maximum atomic E-state index is 16.0. The highest BCUT2D eigenvalue weighted by Gasteiger charge is 2.74. The first-order chi connectivity index (χ1) is 22.4. The Hall–Kier alpha value is -2.90. The van der Waals surface area contributed by atoms with Crippen LogP contribution in [-0.4, -0.2) is 26.4 Å². The van der Waals surface area contributed by atoms with E-state index in [9.17, 15) is 0 Å². The van der Waals surface area contributed by atoms with Gasteiger partial charge in [-0.15, -0.1) is 0 Å². The van der Waals surface area contributed by atoms with Crippen molar-refractivity contribution in [2.24, 2.45) is 0 Å². The van der Waals surface area contributed by atoms with E-state index in [0.29, 0.717) is 11.1 Å². The highest BCUT2D eigenvalue weighted by Crippen LogP contribution is 2.80. The summed E-state index contributed by atoms with van der Waals surface area (Å²) in [5.41, 5.74) is 2.88. The van der Waals surface area contributed by atoms with Crippen LogP contribution >= 0.6 is 15.2 Å². The zero-order valence-electron chi connectivity index (χ0n) is 27.1. The number of hydrogen-bond donors (Lipinski definition) is 2. The van der Waals surface area contributed by atoms with Crippen molar-refractivity contribution in [2.75, 3.05) is 26.4 Å².